The first-order chi connectivity index (χ1) is 14.0. The molecule has 0 saturated heterocycles. The largest absolute Gasteiger partial charge is 0.466 e. The Bertz CT molecular complexity index is 940. The SMILES string of the molecule is CCOC(=O)C1=C(CF)NC(C)=C(C(=O)OC)C1c1c(F)ccc(Cl)c1C(F)(F)F. The number of carbonyl (C=O) groups is 2. The molecule has 0 amide bonds. The summed E-state index contributed by atoms with van der Waals surface area (Å²) >= 11 is 5.72. The summed E-state index contributed by atoms with van der Waals surface area (Å²) in [5.74, 6) is -5.73. The molecule has 1 unspecified atom stereocenters. The molecule has 0 fully saturated rings. The van der Waals surface area contributed by atoms with E-state index in [-0.39, 0.29) is 12.3 Å². The first kappa shape index (κ1) is 23.7. The molecule has 5 nitrogen and oxygen atoms in total. The Labute approximate surface area is 173 Å². The quantitative estimate of drug-likeness (QED) is 0.528. The Kier molecular flexibility index (Phi) is 7.12. The highest BCUT2D eigenvalue weighted by molar-refractivity contribution is 6.31. The minimum Gasteiger partial charge on any atom is -0.466 e. The van der Waals surface area contributed by atoms with Crippen LogP contribution in [0.1, 0.15) is 30.9 Å². The summed E-state index contributed by atoms with van der Waals surface area (Å²) in [6.07, 6.45) is -5.15. The second-order valence-corrected chi connectivity index (χ2v) is 6.56. The van der Waals surface area contributed by atoms with Gasteiger partial charge in [-0.1, -0.05) is 11.6 Å². The molecule has 11 heteroatoms. The number of halogens is 6. The van der Waals surface area contributed by atoms with Gasteiger partial charge in [-0.25, -0.2) is 18.4 Å². The number of esters is 2. The van der Waals surface area contributed by atoms with Crippen molar-refractivity contribution in [1.82, 2.24) is 5.32 Å². The molecule has 2 rings (SSSR count). The van der Waals surface area contributed by atoms with Gasteiger partial charge in [0.2, 0.25) is 0 Å². The first-order valence-corrected chi connectivity index (χ1v) is 8.94. The van der Waals surface area contributed by atoms with Crippen LogP contribution in [-0.4, -0.2) is 32.3 Å². The van der Waals surface area contributed by atoms with Gasteiger partial charge in [0.05, 0.1) is 47.1 Å². The van der Waals surface area contributed by atoms with E-state index < -0.39 is 69.5 Å². The van der Waals surface area contributed by atoms with Gasteiger partial charge in [0, 0.05) is 11.3 Å². The maximum Gasteiger partial charge on any atom is 0.418 e. The number of rotatable bonds is 5. The van der Waals surface area contributed by atoms with Crippen LogP contribution in [0, 0.1) is 5.82 Å². The standard InChI is InChI=1S/C19H17ClF5NO4/c1-4-30-18(28)14-11(7-21)26-8(2)12(17(27)29-3)15(14)13-10(22)6-5-9(20)16(13)19(23,24)25/h5-6,15,26H,4,7H2,1-3H3. The summed E-state index contributed by atoms with van der Waals surface area (Å²) in [7, 11) is 0.955. The van der Waals surface area contributed by atoms with Crippen molar-refractivity contribution in [3.63, 3.8) is 0 Å². The normalized spacial score (nSPS) is 17.0. The van der Waals surface area contributed by atoms with Gasteiger partial charge < -0.3 is 14.8 Å². The number of methoxy groups -OCH3 is 1. The molecule has 0 aromatic heterocycles. The summed E-state index contributed by atoms with van der Waals surface area (Å²) in [6, 6.07) is 1.36. The van der Waals surface area contributed by atoms with Crippen molar-refractivity contribution in [3.05, 3.63) is 56.6 Å². The number of carbonyl (C=O) groups excluding carboxylic acids is 2. The Morgan fingerprint density at radius 2 is 1.83 bits per heavy atom. The second kappa shape index (κ2) is 9.03. The van der Waals surface area contributed by atoms with Gasteiger partial charge in [0.1, 0.15) is 12.5 Å². The van der Waals surface area contributed by atoms with Gasteiger partial charge in [-0.3, -0.25) is 0 Å². The zero-order chi connectivity index (χ0) is 22.8. The summed E-state index contributed by atoms with van der Waals surface area (Å²) < 4.78 is 79.4. The average Bonchev–Trinajstić information content (AvgIpc) is 2.67. The molecule has 164 valence electrons. The molecule has 0 radical (unpaired) electrons. The Morgan fingerprint density at radius 3 is 2.33 bits per heavy atom. The number of hydrogen-bond acceptors (Lipinski definition) is 5. The predicted molar refractivity (Wildman–Crippen MR) is 96.6 cm³/mol. The molecule has 0 spiro atoms. The minimum atomic E-state index is -5.15. The molecule has 1 aliphatic rings. The van der Waals surface area contributed by atoms with E-state index >= 15 is 0 Å². The Hall–Kier alpha value is -2.62. The number of ether oxygens (including phenoxy) is 2. The molecule has 30 heavy (non-hydrogen) atoms. The zero-order valence-electron chi connectivity index (χ0n) is 16.0. The van der Waals surface area contributed by atoms with Crippen molar-refractivity contribution in [3.8, 4) is 0 Å². The Balaban J connectivity index is 2.99. The smallest absolute Gasteiger partial charge is 0.418 e. The summed E-state index contributed by atoms with van der Waals surface area (Å²) in [5.41, 5.74) is -4.46. The van der Waals surface area contributed by atoms with E-state index in [1.165, 1.54) is 13.8 Å². The van der Waals surface area contributed by atoms with E-state index in [4.69, 9.17) is 16.3 Å². The molecular formula is C19H17ClF5NO4. The predicted octanol–water partition coefficient (Wildman–Crippen LogP) is 4.42. The maximum atomic E-state index is 14.8. The third-order valence-electron chi connectivity index (χ3n) is 4.39. The van der Waals surface area contributed by atoms with Crippen molar-refractivity contribution in [2.45, 2.75) is 25.9 Å². The van der Waals surface area contributed by atoms with Crippen LogP contribution in [0.5, 0.6) is 0 Å². The maximum absolute atomic E-state index is 14.8. The van der Waals surface area contributed by atoms with E-state index in [9.17, 15) is 31.5 Å². The van der Waals surface area contributed by atoms with Crippen LogP contribution in [0.3, 0.4) is 0 Å². The van der Waals surface area contributed by atoms with Crippen LogP contribution in [0.15, 0.2) is 34.7 Å². The van der Waals surface area contributed by atoms with Gasteiger partial charge in [-0.2, -0.15) is 13.2 Å². The molecule has 1 atom stereocenters. The van der Waals surface area contributed by atoms with Crippen molar-refractivity contribution in [2.75, 3.05) is 20.4 Å². The highest BCUT2D eigenvalue weighted by Crippen LogP contribution is 2.47. The fourth-order valence-corrected chi connectivity index (χ4v) is 3.53. The lowest BCUT2D eigenvalue weighted by atomic mass is 9.78. The van der Waals surface area contributed by atoms with E-state index in [1.807, 2.05) is 0 Å². The van der Waals surface area contributed by atoms with Crippen LogP contribution in [0.25, 0.3) is 0 Å². The van der Waals surface area contributed by atoms with Crippen LogP contribution in [0.2, 0.25) is 5.02 Å². The van der Waals surface area contributed by atoms with Crippen LogP contribution >= 0.6 is 11.6 Å². The molecule has 0 saturated carbocycles. The number of dihydropyridines is 1. The van der Waals surface area contributed by atoms with Crippen molar-refractivity contribution >= 4 is 23.5 Å². The first-order valence-electron chi connectivity index (χ1n) is 8.56. The van der Waals surface area contributed by atoms with Crippen LogP contribution in [0.4, 0.5) is 22.0 Å². The van der Waals surface area contributed by atoms with Gasteiger partial charge in [0.15, 0.2) is 0 Å². The lowest BCUT2D eigenvalue weighted by molar-refractivity contribution is -0.141. The lowest BCUT2D eigenvalue weighted by Gasteiger charge is -2.32. The summed E-state index contributed by atoms with van der Waals surface area (Å²) in [5, 5.41) is 1.60. The minimum absolute atomic E-state index is 0.111. The van der Waals surface area contributed by atoms with Gasteiger partial charge in [-0.15, -0.1) is 0 Å². The Morgan fingerprint density at radius 1 is 1.20 bits per heavy atom. The topological polar surface area (TPSA) is 64.6 Å². The fraction of sp³-hybridized carbons (Fsp3) is 0.368. The third kappa shape index (κ3) is 4.28. The van der Waals surface area contributed by atoms with Crippen molar-refractivity contribution in [1.29, 1.82) is 0 Å². The van der Waals surface area contributed by atoms with Gasteiger partial charge in [-0.05, 0) is 26.0 Å². The molecule has 1 N–H and O–H groups in total. The van der Waals surface area contributed by atoms with Gasteiger partial charge in [0.25, 0.3) is 0 Å². The van der Waals surface area contributed by atoms with E-state index in [1.54, 1.807) is 0 Å². The molecular weight excluding hydrogens is 437 g/mol. The molecule has 1 heterocycles. The monoisotopic (exact) mass is 453 g/mol. The highest BCUT2D eigenvalue weighted by atomic mass is 35.5. The zero-order valence-corrected chi connectivity index (χ0v) is 16.8. The molecule has 1 aliphatic heterocycles. The molecule has 1 aromatic carbocycles. The average molecular weight is 454 g/mol. The number of alkyl halides is 4. The lowest BCUT2D eigenvalue weighted by Crippen LogP contribution is -2.35. The van der Waals surface area contributed by atoms with Gasteiger partial charge >= 0.3 is 18.1 Å². The highest BCUT2D eigenvalue weighted by Gasteiger charge is 2.46. The van der Waals surface area contributed by atoms with Crippen LogP contribution in [-0.2, 0) is 25.2 Å². The number of hydrogen-bond donors (Lipinski definition) is 1. The van der Waals surface area contributed by atoms with Crippen molar-refractivity contribution < 1.29 is 41.0 Å². The van der Waals surface area contributed by atoms with Crippen molar-refractivity contribution in [2.24, 2.45) is 0 Å². The number of allylic oxidation sites excluding steroid dienone is 2. The van der Waals surface area contributed by atoms with Crippen LogP contribution < -0.4 is 5.32 Å². The molecule has 0 bridgehead atoms. The molecule has 1 aromatic rings. The molecule has 0 aliphatic carbocycles. The summed E-state index contributed by atoms with van der Waals surface area (Å²) in [6.45, 7) is 1.16. The summed E-state index contributed by atoms with van der Waals surface area (Å²) in [4.78, 5) is 25.0. The number of nitrogens with one attached hydrogen (secondary N) is 1. The van der Waals surface area contributed by atoms with E-state index in [2.05, 4.69) is 10.1 Å². The third-order valence-corrected chi connectivity index (χ3v) is 4.71. The fourth-order valence-electron chi connectivity index (χ4n) is 3.26. The van der Waals surface area contributed by atoms with E-state index in [0.29, 0.717) is 12.1 Å². The van der Waals surface area contributed by atoms with E-state index in [0.717, 1.165) is 7.11 Å². The number of benzene rings is 1. The second-order valence-electron chi connectivity index (χ2n) is 6.15.